The van der Waals surface area contributed by atoms with E-state index in [0.717, 1.165) is 25.6 Å². The monoisotopic (exact) mass is 643 g/mol. The number of halogens is 2. The van der Waals surface area contributed by atoms with Gasteiger partial charge in [0.05, 0.1) is 10.2 Å². The Bertz CT molecular complexity index is 1510. The molecule has 39 heavy (non-hydrogen) atoms. The lowest BCUT2D eigenvalue weighted by molar-refractivity contribution is -0.240. The molecule has 5 rings (SSSR count). The Morgan fingerprint density at radius 2 is 1.72 bits per heavy atom. The lowest BCUT2D eigenvalue weighted by Gasteiger charge is -2.36. The van der Waals surface area contributed by atoms with Gasteiger partial charge in [0.15, 0.2) is 17.4 Å². The fourth-order valence-corrected chi connectivity index (χ4v) is 5.59. The number of carbonyl (C=O) groups is 2. The van der Waals surface area contributed by atoms with Crippen molar-refractivity contribution in [2.24, 2.45) is 5.92 Å². The van der Waals surface area contributed by atoms with Crippen molar-refractivity contribution in [2.45, 2.75) is 39.1 Å². The van der Waals surface area contributed by atoms with E-state index < -0.39 is 29.6 Å². The zero-order valence-corrected chi connectivity index (χ0v) is 23.8. The number of nitrogens with one attached hydrogen (secondary N) is 1. The van der Waals surface area contributed by atoms with Crippen LogP contribution in [0.2, 0.25) is 0 Å². The number of aromatic amines is 1. The maximum Gasteiger partial charge on any atom is 0.324 e. The zero-order chi connectivity index (χ0) is 27.7. The number of rotatable bonds is 8. The lowest BCUT2D eigenvalue weighted by atomic mass is 9.80. The highest BCUT2D eigenvalue weighted by Gasteiger charge is 2.49. The predicted molar refractivity (Wildman–Crippen MR) is 151 cm³/mol. The number of benzene rings is 3. The molecule has 1 aromatic heterocycles. The van der Waals surface area contributed by atoms with Crippen molar-refractivity contribution in [1.82, 2.24) is 4.98 Å². The number of esters is 2. The second-order valence-corrected chi connectivity index (χ2v) is 10.8. The number of aromatic nitrogens is 1. The van der Waals surface area contributed by atoms with E-state index in [9.17, 15) is 14.0 Å². The third-order valence-corrected chi connectivity index (χ3v) is 7.28. The molecule has 1 aliphatic rings. The molecule has 9 heteroatoms. The molecule has 0 aliphatic carbocycles. The summed E-state index contributed by atoms with van der Waals surface area (Å²) in [6, 6.07) is 17.4. The van der Waals surface area contributed by atoms with Crippen molar-refractivity contribution < 1.29 is 32.9 Å². The normalized spacial score (nSPS) is 16.0. The van der Waals surface area contributed by atoms with Gasteiger partial charge in [0.25, 0.3) is 5.79 Å². The molecular weight excluding hydrogens is 616 g/mol. The summed E-state index contributed by atoms with van der Waals surface area (Å²) < 4.78 is 37.2. The summed E-state index contributed by atoms with van der Waals surface area (Å²) in [6.45, 7) is 5.49. The van der Waals surface area contributed by atoms with Gasteiger partial charge >= 0.3 is 11.9 Å². The van der Waals surface area contributed by atoms with E-state index >= 15 is 0 Å². The van der Waals surface area contributed by atoms with E-state index in [0.29, 0.717) is 23.7 Å². The number of ether oxygens (including phenoxy) is 4. The molecule has 1 N–H and O–H groups in total. The summed E-state index contributed by atoms with van der Waals surface area (Å²) in [5.41, 5.74) is 3.09. The first-order chi connectivity index (χ1) is 18.7. The second kappa shape index (κ2) is 10.9. The van der Waals surface area contributed by atoms with Crippen LogP contribution in [0.15, 0.2) is 66.9 Å². The fraction of sp³-hybridized carbons (Fsp3) is 0.267. The topological polar surface area (TPSA) is 86.9 Å². The fourth-order valence-electron chi connectivity index (χ4n) is 4.81. The SMILES string of the molecule is CCOc1cc([C@H](c2c[nH]c3ccccc23)C2C(=O)OC(C)(C)OC2=O)cc(I)c1OCc1ccc(F)cc1. The molecule has 202 valence electrons. The molecule has 0 unspecified atom stereocenters. The molecule has 3 aromatic carbocycles. The van der Waals surface area contributed by atoms with E-state index in [1.807, 2.05) is 43.5 Å². The van der Waals surface area contributed by atoms with Gasteiger partial charge in [-0.05, 0) is 76.5 Å². The number of H-pyrrole nitrogens is 1. The van der Waals surface area contributed by atoms with Gasteiger partial charge in [-0.3, -0.25) is 9.59 Å². The van der Waals surface area contributed by atoms with Crippen LogP contribution in [0.4, 0.5) is 4.39 Å². The third kappa shape index (κ3) is 5.59. The van der Waals surface area contributed by atoms with Crippen molar-refractivity contribution in [3.05, 3.63) is 92.9 Å². The highest BCUT2D eigenvalue weighted by Crippen LogP contribution is 2.44. The van der Waals surface area contributed by atoms with Gasteiger partial charge in [-0.2, -0.15) is 0 Å². The third-order valence-electron chi connectivity index (χ3n) is 6.48. The van der Waals surface area contributed by atoms with Gasteiger partial charge in [-0.1, -0.05) is 30.3 Å². The largest absolute Gasteiger partial charge is 0.490 e. The number of cyclic esters (lactones) is 2. The molecule has 1 saturated heterocycles. The molecule has 0 bridgehead atoms. The number of fused-ring (bicyclic) bond motifs is 1. The van der Waals surface area contributed by atoms with Crippen molar-refractivity contribution in [1.29, 1.82) is 0 Å². The van der Waals surface area contributed by atoms with Gasteiger partial charge in [0, 0.05) is 36.9 Å². The highest BCUT2D eigenvalue weighted by atomic mass is 127. The van der Waals surface area contributed by atoms with Gasteiger partial charge in [-0.25, -0.2) is 4.39 Å². The molecule has 2 heterocycles. The standard InChI is InChI=1S/C30H27FINO6/c1-4-36-24-14-18(13-22(32)27(24)37-16-17-9-11-19(31)12-10-17)25(21-15-33-23-8-6-5-7-20(21)23)26-28(34)38-30(2,3)39-29(26)35/h5-15,25-26,33H,4,16H2,1-3H3/t25-/m1/s1. The lowest BCUT2D eigenvalue weighted by Crippen LogP contribution is -2.48. The van der Waals surface area contributed by atoms with Crippen LogP contribution in [0.3, 0.4) is 0 Å². The van der Waals surface area contributed by atoms with Gasteiger partial charge < -0.3 is 23.9 Å². The number of carbonyl (C=O) groups excluding carboxylic acids is 2. The van der Waals surface area contributed by atoms with Crippen LogP contribution in [-0.4, -0.2) is 29.3 Å². The molecule has 0 saturated carbocycles. The van der Waals surface area contributed by atoms with E-state index in [4.69, 9.17) is 18.9 Å². The van der Waals surface area contributed by atoms with Crippen LogP contribution in [0, 0.1) is 15.3 Å². The van der Waals surface area contributed by atoms with Crippen molar-refractivity contribution >= 4 is 45.4 Å². The molecule has 4 aromatic rings. The summed E-state index contributed by atoms with van der Waals surface area (Å²) in [5.74, 6) is -3.96. The first kappa shape index (κ1) is 27.0. The molecule has 0 amide bonds. The quantitative estimate of drug-likeness (QED) is 0.135. The summed E-state index contributed by atoms with van der Waals surface area (Å²) in [7, 11) is 0. The Balaban J connectivity index is 1.60. The minimum absolute atomic E-state index is 0.206. The van der Waals surface area contributed by atoms with Crippen LogP contribution in [0.5, 0.6) is 11.5 Å². The molecule has 1 atom stereocenters. The smallest absolute Gasteiger partial charge is 0.324 e. The molecule has 1 aliphatic heterocycles. The summed E-state index contributed by atoms with van der Waals surface area (Å²) >= 11 is 2.15. The molecule has 1 fully saturated rings. The Hall–Kier alpha value is -3.60. The van der Waals surface area contributed by atoms with E-state index in [-0.39, 0.29) is 12.4 Å². The summed E-state index contributed by atoms with van der Waals surface area (Å²) in [5, 5.41) is 0.873. The average molecular weight is 643 g/mol. The van der Waals surface area contributed by atoms with Crippen molar-refractivity contribution in [2.75, 3.05) is 6.61 Å². The first-order valence-corrected chi connectivity index (χ1v) is 13.6. The van der Waals surface area contributed by atoms with Crippen LogP contribution in [-0.2, 0) is 25.7 Å². The molecule has 0 spiro atoms. The van der Waals surface area contributed by atoms with Crippen LogP contribution >= 0.6 is 22.6 Å². The van der Waals surface area contributed by atoms with Crippen LogP contribution in [0.1, 0.15) is 43.4 Å². The van der Waals surface area contributed by atoms with Gasteiger partial charge in [0.1, 0.15) is 12.4 Å². The maximum absolute atomic E-state index is 13.3. The Kier molecular flexibility index (Phi) is 7.53. The first-order valence-electron chi connectivity index (χ1n) is 12.5. The Morgan fingerprint density at radius 3 is 2.41 bits per heavy atom. The minimum atomic E-state index is -1.35. The molecule has 7 nitrogen and oxygen atoms in total. The maximum atomic E-state index is 13.3. The highest BCUT2D eigenvalue weighted by molar-refractivity contribution is 14.1. The van der Waals surface area contributed by atoms with Gasteiger partial charge in [0.2, 0.25) is 0 Å². The van der Waals surface area contributed by atoms with E-state index in [1.165, 1.54) is 26.0 Å². The van der Waals surface area contributed by atoms with Crippen molar-refractivity contribution in [3.8, 4) is 11.5 Å². The second-order valence-electron chi connectivity index (χ2n) is 9.67. The average Bonchev–Trinajstić information content (AvgIpc) is 3.30. The van der Waals surface area contributed by atoms with E-state index in [2.05, 4.69) is 27.6 Å². The van der Waals surface area contributed by atoms with E-state index in [1.54, 1.807) is 18.2 Å². The minimum Gasteiger partial charge on any atom is -0.490 e. The summed E-state index contributed by atoms with van der Waals surface area (Å²) in [4.78, 5) is 29.8. The van der Waals surface area contributed by atoms with Crippen molar-refractivity contribution in [3.63, 3.8) is 0 Å². The number of hydrogen-bond acceptors (Lipinski definition) is 6. The Labute approximate surface area is 238 Å². The predicted octanol–water partition coefficient (Wildman–Crippen LogP) is 6.47. The van der Waals surface area contributed by atoms with Crippen LogP contribution in [0.25, 0.3) is 10.9 Å². The zero-order valence-electron chi connectivity index (χ0n) is 21.6. The molecular formula is C30H27FINO6. The molecule has 0 radical (unpaired) electrons. The number of hydrogen-bond donors (Lipinski definition) is 1. The van der Waals surface area contributed by atoms with Gasteiger partial charge in [-0.15, -0.1) is 0 Å². The number of para-hydroxylation sites is 1. The Morgan fingerprint density at radius 1 is 1.03 bits per heavy atom. The van der Waals surface area contributed by atoms with Crippen LogP contribution < -0.4 is 9.47 Å². The summed E-state index contributed by atoms with van der Waals surface area (Å²) in [6.07, 6.45) is 1.81.